The van der Waals surface area contributed by atoms with Gasteiger partial charge in [-0.05, 0) is 71.1 Å². The molecule has 1 atom stereocenters. The summed E-state index contributed by atoms with van der Waals surface area (Å²) in [5, 5.41) is 11.2. The zero-order valence-electron chi connectivity index (χ0n) is 14.5. The molecule has 0 amide bonds. The summed E-state index contributed by atoms with van der Waals surface area (Å²) in [7, 11) is 0. The third kappa shape index (κ3) is 3.06. The molecule has 0 radical (unpaired) electrons. The lowest BCUT2D eigenvalue weighted by Gasteiger charge is -2.46. The van der Waals surface area contributed by atoms with Crippen molar-refractivity contribution in [1.82, 2.24) is 0 Å². The summed E-state index contributed by atoms with van der Waals surface area (Å²) in [6.45, 7) is 15.6. The van der Waals surface area contributed by atoms with Gasteiger partial charge in [-0.1, -0.05) is 20.8 Å². The lowest BCUT2D eigenvalue weighted by molar-refractivity contribution is -0.130. The van der Waals surface area contributed by atoms with Crippen LogP contribution in [0.2, 0.25) is 0 Å². The average Bonchev–Trinajstić information content (AvgIpc) is 2.46. The molecule has 2 heteroatoms. The molecule has 1 aliphatic heterocycles. The minimum Gasteiger partial charge on any atom is -0.389 e. The predicted molar refractivity (Wildman–Crippen MR) is 83.7 cm³/mol. The van der Waals surface area contributed by atoms with Crippen molar-refractivity contribution >= 4 is 0 Å². The maximum absolute atomic E-state index is 11.2. The molecule has 1 aliphatic carbocycles. The van der Waals surface area contributed by atoms with Crippen molar-refractivity contribution in [2.45, 2.75) is 97.4 Å². The first kappa shape index (κ1) is 16.3. The molecule has 1 saturated carbocycles. The minimum atomic E-state index is -0.529. The van der Waals surface area contributed by atoms with Crippen molar-refractivity contribution in [2.24, 2.45) is 17.3 Å². The second-order valence-corrected chi connectivity index (χ2v) is 9.47. The fraction of sp³-hybridized carbons (Fsp3) is 1.00. The topological polar surface area (TPSA) is 29.5 Å². The smallest absolute Gasteiger partial charge is 0.0704 e. The minimum absolute atomic E-state index is 0.106. The number of hydrogen-bond acceptors (Lipinski definition) is 2. The van der Waals surface area contributed by atoms with E-state index in [1.807, 2.05) is 0 Å². The zero-order valence-corrected chi connectivity index (χ0v) is 14.5. The van der Waals surface area contributed by atoms with Crippen LogP contribution < -0.4 is 0 Å². The predicted octanol–water partition coefficient (Wildman–Crippen LogP) is 4.55. The Morgan fingerprint density at radius 2 is 1.50 bits per heavy atom. The van der Waals surface area contributed by atoms with E-state index in [0.717, 1.165) is 38.0 Å². The fourth-order valence-corrected chi connectivity index (χ4v) is 4.73. The molecule has 1 heterocycles. The van der Waals surface area contributed by atoms with Crippen LogP contribution in [-0.2, 0) is 4.74 Å². The largest absolute Gasteiger partial charge is 0.389 e. The van der Waals surface area contributed by atoms with E-state index in [1.54, 1.807) is 0 Å². The van der Waals surface area contributed by atoms with Gasteiger partial charge in [-0.25, -0.2) is 0 Å². The summed E-state index contributed by atoms with van der Waals surface area (Å²) in [4.78, 5) is 0. The van der Waals surface area contributed by atoms with Crippen LogP contribution in [-0.4, -0.2) is 21.9 Å². The van der Waals surface area contributed by atoms with Crippen LogP contribution in [0.1, 0.15) is 80.6 Å². The van der Waals surface area contributed by atoms with Gasteiger partial charge < -0.3 is 9.84 Å². The lowest BCUT2D eigenvalue weighted by Crippen LogP contribution is -2.49. The highest BCUT2D eigenvalue weighted by molar-refractivity contribution is 5.05. The number of aliphatic hydroxyl groups is 1. The summed E-state index contributed by atoms with van der Waals surface area (Å²) >= 11 is 0. The van der Waals surface area contributed by atoms with Crippen molar-refractivity contribution < 1.29 is 9.84 Å². The monoisotopic (exact) mass is 282 g/mol. The van der Waals surface area contributed by atoms with Gasteiger partial charge in [0, 0.05) is 5.92 Å². The first-order valence-corrected chi connectivity index (χ1v) is 8.28. The van der Waals surface area contributed by atoms with Crippen molar-refractivity contribution in [3.05, 3.63) is 0 Å². The molecule has 2 aliphatic rings. The highest BCUT2D eigenvalue weighted by Gasteiger charge is 2.55. The van der Waals surface area contributed by atoms with E-state index in [4.69, 9.17) is 4.74 Å². The Balaban J connectivity index is 2.10. The van der Waals surface area contributed by atoms with Gasteiger partial charge in [0.05, 0.1) is 16.8 Å². The Hall–Kier alpha value is -0.0800. The Labute approximate surface area is 125 Å². The van der Waals surface area contributed by atoms with Crippen LogP contribution in [0.15, 0.2) is 0 Å². The Kier molecular flexibility index (Phi) is 3.84. The molecule has 1 unspecified atom stereocenters. The van der Waals surface area contributed by atoms with E-state index < -0.39 is 5.60 Å². The van der Waals surface area contributed by atoms with Crippen LogP contribution in [0.5, 0.6) is 0 Å². The first-order valence-electron chi connectivity index (χ1n) is 8.28. The second-order valence-electron chi connectivity index (χ2n) is 9.47. The summed E-state index contributed by atoms with van der Waals surface area (Å²) in [5.74, 6) is 0.993. The van der Waals surface area contributed by atoms with Gasteiger partial charge in [0.2, 0.25) is 0 Å². The number of hydrogen-bond donors (Lipinski definition) is 1. The fourth-order valence-electron chi connectivity index (χ4n) is 4.73. The molecule has 1 saturated heterocycles. The third-order valence-corrected chi connectivity index (χ3v) is 5.80. The normalized spacial score (nSPS) is 40.8. The van der Waals surface area contributed by atoms with Crippen molar-refractivity contribution in [3.8, 4) is 0 Å². The summed E-state index contributed by atoms with van der Waals surface area (Å²) < 4.78 is 6.20. The van der Waals surface area contributed by atoms with E-state index in [9.17, 15) is 5.11 Å². The molecule has 0 bridgehead atoms. The van der Waals surface area contributed by atoms with Gasteiger partial charge in [0.25, 0.3) is 0 Å². The van der Waals surface area contributed by atoms with E-state index >= 15 is 0 Å². The van der Waals surface area contributed by atoms with Crippen molar-refractivity contribution in [1.29, 1.82) is 0 Å². The highest BCUT2D eigenvalue weighted by atomic mass is 16.5. The van der Waals surface area contributed by atoms with E-state index in [0.29, 0.717) is 5.41 Å². The summed E-state index contributed by atoms with van der Waals surface area (Å²) in [5.41, 5.74) is -0.487. The van der Waals surface area contributed by atoms with E-state index in [2.05, 4.69) is 48.5 Å². The quantitative estimate of drug-likeness (QED) is 0.764. The molecule has 2 fully saturated rings. The van der Waals surface area contributed by atoms with Gasteiger partial charge >= 0.3 is 0 Å². The van der Waals surface area contributed by atoms with E-state index in [1.165, 1.54) is 0 Å². The molecule has 0 aromatic heterocycles. The van der Waals surface area contributed by atoms with Gasteiger partial charge in [-0.2, -0.15) is 0 Å². The average molecular weight is 282 g/mol. The van der Waals surface area contributed by atoms with Gasteiger partial charge in [0.15, 0.2) is 0 Å². The summed E-state index contributed by atoms with van der Waals surface area (Å²) in [6, 6.07) is 0. The highest BCUT2D eigenvalue weighted by Crippen LogP contribution is 2.53. The Morgan fingerprint density at radius 3 is 1.85 bits per heavy atom. The van der Waals surface area contributed by atoms with Crippen LogP contribution in [0, 0.1) is 17.3 Å². The molecule has 2 nitrogen and oxygen atoms in total. The lowest BCUT2D eigenvalue weighted by atomic mass is 9.62. The van der Waals surface area contributed by atoms with Crippen molar-refractivity contribution in [3.63, 3.8) is 0 Å². The molecular formula is C18H34O2. The van der Waals surface area contributed by atoms with Crippen LogP contribution in [0.4, 0.5) is 0 Å². The second kappa shape index (κ2) is 4.71. The van der Waals surface area contributed by atoms with Crippen LogP contribution >= 0.6 is 0 Å². The standard InChI is InChI=1S/C18H34O2/c1-15(2,3)13-8-10-18(19,11-9-13)14-12-16(4,5)20-17(14,6)7/h13-14,19H,8-12H2,1-7H3. The van der Waals surface area contributed by atoms with Gasteiger partial charge in [-0.3, -0.25) is 0 Å². The Bertz CT molecular complexity index is 354. The SMILES string of the molecule is CC1(C)CC(C2(O)CCC(C(C)(C)C)CC2)C(C)(C)O1. The Morgan fingerprint density at radius 1 is 1.00 bits per heavy atom. The number of ether oxygens (including phenoxy) is 1. The molecular weight excluding hydrogens is 248 g/mol. The third-order valence-electron chi connectivity index (χ3n) is 5.80. The molecule has 0 aromatic carbocycles. The summed E-state index contributed by atoms with van der Waals surface area (Å²) in [6.07, 6.45) is 5.13. The van der Waals surface area contributed by atoms with Gasteiger partial charge in [-0.15, -0.1) is 0 Å². The van der Waals surface area contributed by atoms with Gasteiger partial charge in [0.1, 0.15) is 0 Å². The maximum Gasteiger partial charge on any atom is 0.0704 e. The van der Waals surface area contributed by atoms with Crippen molar-refractivity contribution in [2.75, 3.05) is 0 Å². The molecule has 2 rings (SSSR count). The van der Waals surface area contributed by atoms with E-state index in [-0.39, 0.29) is 17.1 Å². The molecule has 118 valence electrons. The number of rotatable bonds is 1. The molecule has 1 N–H and O–H groups in total. The van der Waals surface area contributed by atoms with Crippen LogP contribution in [0.3, 0.4) is 0 Å². The molecule has 0 spiro atoms. The molecule has 0 aromatic rings. The van der Waals surface area contributed by atoms with Crippen LogP contribution in [0.25, 0.3) is 0 Å². The zero-order chi connectivity index (χ0) is 15.4. The first-order chi connectivity index (χ1) is 8.86. The maximum atomic E-state index is 11.2. The molecule has 20 heavy (non-hydrogen) atoms.